The summed E-state index contributed by atoms with van der Waals surface area (Å²) in [5.41, 5.74) is 2.52. The van der Waals surface area contributed by atoms with Crippen LogP contribution >= 0.6 is 0 Å². The van der Waals surface area contributed by atoms with E-state index >= 15 is 0 Å². The number of benzene rings is 2. The summed E-state index contributed by atoms with van der Waals surface area (Å²) in [6.07, 6.45) is 3.13. The molecule has 6 nitrogen and oxygen atoms in total. The number of hydrogen-bond donors (Lipinski definition) is 0. The van der Waals surface area contributed by atoms with E-state index in [0.29, 0.717) is 24.3 Å². The molecule has 0 aliphatic carbocycles. The van der Waals surface area contributed by atoms with Gasteiger partial charge in [-0.15, -0.1) is 0 Å². The van der Waals surface area contributed by atoms with Crippen molar-refractivity contribution in [3.05, 3.63) is 65.4 Å². The highest BCUT2D eigenvalue weighted by atomic mass is 16.6. The van der Waals surface area contributed by atoms with Gasteiger partial charge in [-0.1, -0.05) is 18.2 Å². The predicted molar refractivity (Wildman–Crippen MR) is 106 cm³/mol. The minimum Gasteiger partial charge on any atom is -0.493 e. The van der Waals surface area contributed by atoms with Gasteiger partial charge in [-0.05, 0) is 49.8 Å². The number of amides is 1. The maximum atomic E-state index is 12.3. The summed E-state index contributed by atoms with van der Waals surface area (Å²) in [6.45, 7) is 3.18. The number of carbonyl (C=O) groups is 2. The van der Waals surface area contributed by atoms with E-state index in [4.69, 9.17) is 9.47 Å². The van der Waals surface area contributed by atoms with E-state index in [1.54, 1.807) is 11.0 Å². The zero-order valence-corrected chi connectivity index (χ0v) is 15.6. The molecule has 0 atom stereocenters. The average molecular weight is 376 g/mol. The van der Waals surface area contributed by atoms with Crippen molar-refractivity contribution in [3.8, 4) is 5.75 Å². The number of ether oxygens (including phenoxy) is 2. The molecule has 2 aromatic rings. The number of nitrogens with zero attached hydrogens (tertiary/aromatic N) is 2. The molecule has 0 spiro atoms. The SMILES string of the molecule is CCOc1ccccc1/C=C1/N=C(c2ccc(N3CCCC3=O)cc2)OC1=O. The second kappa shape index (κ2) is 7.68. The fraction of sp³-hybridized carbons (Fsp3) is 0.227. The van der Waals surface area contributed by atoms with E-state index in [1.165, 1.54) is 0 Å². The quantitative estimate of drug-likeness (QED) is 0.591. The van der Waals surface area contributed by atoms with Crippen molar-refractivity contribution in [2.45, 2.75) is 19.8 Å². The standard InChI is InChI=1S/C22H20N2O4/c1-2-27-19-7-4-3-6-16(19)14-18-22(26)28-21(23-18)15-9-11-17(12-10-15)24-13-5-8-20(24)25/h3-4,6-7,9-12,14H,2,5,8,13H2,1H3/b18-14+. The van der Waals surface area contributed by atoms with Crippen molar-refractivity contribution in [2.24, 2.45) is 4.99 Å². The molecular formula is C22H20N2O4. The number of carbonyl (C=O) groups excluding carboxylic acids is 2. The van der Waals surface area contributed by atoms with Gasteiger partial charge >= 0.3 is 5.97 Å². The monoisotopic (exact) mass is 376 g/mol. The molecule has 1 saturated heterocycles. The second-order valence-corrected chi connectivity index (χ2v) is 6.50. The Kier molecular flexibility index (Phi) is 4.93. The maximum Gasteiger partial charge on any atom is 0.363 e. The van der Waals surface area contributed by atoms with Crippen molar-refractivity contribution >= 4 is 29.5 Å². The smallest absolute Gasteiger partial charge is 0.363 e. The molecule has 28 heavy (non-hydrogen) atoms. The molecule has 2 heterocycles. The van der Waals surface area contributed by atoms with Crippen molar-refractivity contribution in [3.63, 3.8) is 0 Å². The lowest BCUT2D eigenvalue weighted by Crippen LogP contribution is -2.23. The number of para-hydroxylation sites is 1. The third-order valence-corrected chi connectivity index (χ3v) is 4.63. The average Bonchev–Trinajstić information content (AvgIpc) is 3.29. The Bertz CT molecular complexity index is 976. The molecule has 0 bridgehead atoms. The minimum atomic E-state index is -0.500. The number of aliphatic imine (C=N–C) groups is 1. The Labute approximate surface area is 163 Å². The topological polar surface area (TPSA) is 68.2 Å². The van der Waals surface area contributed by atoms with Gasteiger partial charge < -0.3 is 14.4 Å². The first-order chi connectivity index (χ1) is 13.7. The molecule has 2 aliphatic heterocycles. The summed E-state index contributed by atoms with van der Waals surface area (Å²) in [4.78, 5) is 30.2. The molecule has 1 fully saturated rings. The van der Waals surface area contributed by atoms with Crippen LogP contribution in [0, 0.1) is 0 Å². The molecule has 0 unspecified atom stereocenters. The summed E-state index contributed by atoms with van der Waals surface area (Å²) < 4.78 is 10.9. The van der Waals surface area contributed by atoms with Gasteiger partial charge in [0.05, 0.1) is 6.61 Å². The first kappa shape index (κ1) is 18.0. The largest absolute Gasteiger partial charge is 0.493 e. The molecule has 0 aromatic heterocycles. The Morgan fingerprint density at radius 2 is 1.93 bits per heavy atom. The number of anilines is 1. The van der Waals surface area contributed by atoms with Gasteiger partial charge in [0.15, 0.2) is 5.70 Å². The normalized spacial score (nSPS) is 17.8. The van der Waals surface area contributed by atoms with Crippen LogP contribution in [0.15, 0.2) is 59.2 Å². The third-order valence-electron chi connectivity index (χ3n) is 4.63. The number of esters is 1. The first-order valence-corrected chi connectivity index (χ1v) is 9.31. The molecule has 2 aliphatic rings. The van der Waals surface area contributed by atoms with Crippen LogP contribution in [0.1, 0.15) is 30.9 Å². The van der Waals surface area contributed by atoms with E-state index in [0.717, 1.165) is 24.2 Å². The van der Waals surface area contributed by atoms with Crippen molar-refractivity contribution < 1.29 is 19.1 Å². The highest BCUT2D eigenvalue weighted by Crippen LogP contribution is 2.26. The van der Waals surface area contributed by atoms with Crippen LogP contribution in [0.2, 0.25) is 0 Å². The van der Waals surface area contributed by atoms with E-state index in [-0.39, 0.29) is 17.5 Å². The van der Waals surface area contributed by atoms with E-state index < -0.39 is 5.97 Å². The van der Waals surface area contributed by atoms with Gasteiger partial charge in [0, 0.05) is 29.8 Å². The summed E-state index contributed by atoms with van der Waals surface area (Å²) in [6, 6.07) is 14.8. The van der Waals surface area contributed by atoms with E-state index in [1.807, 2.05) is 55.5 Å². The van der Waals surface area contributed by atoms with Gasteiger partial charge in [0.1, 0.15) is 5.75 Å². The van der Waals surface area contributed by atoms with Crippen LogP contribution in [-0.2, 0) is 14.3 Å². The van der Waals surface area contributed by atoms with Crippen LogP contribution in [-0.4, -0.2) is 30.9 Å². The van der Waals surface area contributed by atoms with Gasteiger partial charge in [0.25, 0.3) is 0 Å². The molecule has 2 aromatic carbocycles. The van der Waals surface area contributed by atoms with Gasteiger partial charge in [-0.3, -0.25) is 4.79 Å². The minimum absolute atomic E-state index is 0.135. The number of rotatable bonds is 5. The van der Waals surface area contributed by atoms with Gasteiger partial charge in [0.2, 0.25) is 11.8 Å². The summed E-state index contributed by atoms with van der Waals surface area (Å²) in [7, 11) is 0. The lowest BCUT2D eigenvalue weighted by Gasteiger charge is -2.15. The predicted octanol–water partition coefficient (Wildman–Crippen LogP) is 3.56. The highest BCUT2D eigenvalue weighted by molar-refractivity contribution is 6.13. The first-order valence-electron chi connectivity index (χ1n) is 9.31. The molecular weight excluding hydrogens is 356 g/mol. The van der Waals surface area contributed by atoms with Crippen LogP contribution in [0.3, 0.4) is 0 Å². The fourth-order valence-electron chi connectivity index (χ4n) is 3.27. The Balaban J connectivity index is 1.58. The molecule has 142 valence electrons. The van der Waals surface area contributed by atoms with Crippen LogP contribution in [0.4, 0.5) is 5.69 Å². The molecule has 0 N–H and O–H groups in total. The Morgan fingerprint density at radius 3 is 2.64 bits per heavy atom. The highest BCUT2D eigenvalue weighted by Gasteiger charge is 2.26. The third kappa shape index (κ3) is 3.53. The van der Waals surface area contributed by atoms with Crippen LogP contribution in [0.5, 0.6) is 5.75 Å². The zero-order valence-electron chi connectivity index (χ0n) is 15.6. The van der Waals surface area contributed by atoms with Gasteiger partial charge in [-0.25, -0.2) is 9.79 Å². The fourth-order valence-corrected chi connectivity index (χ4v) is 3.27. The van der Waals surface area contributed by atoms with Crippen LogP contribution in [0.25, 0.3) is 6.08 Å². The lowest BCUT2D eigenvalue weighted by atomic mass is 10.1. The van der Waals surface area contributed by atoms with Crippen molar-refractivity contribution in [1.29, 1.82) is 0 Å². The molecule has 0 saturated carbocycles. The summed E-state index contributed by atoms with van der Waals surface area (Å²) >= 11 is 0. The van der Waals surface area contributed by atoms with Crippen molar-refractivity contribution in [1.82, 2.24) is 0 Å². The summed E-state index contributed by atoms with van der Waals surface area (Å²) in [5.74, 6) is 0.577. The number of cyclic esters (lactones) is 1. The maximum absolute atomic E-state index is 12.3. The van der Waals surface area contributed by atoms with E-state index in [2.05, 4.69) is 4.99 Å². The number of hydrogen-bond acceptors (Lipinski definition) is 5. The Morgan fingerprint density at radius 1 is 1.14 bits per heavy atom. The van der Waals surface area contributed by atoms with Crippen LogP contribution < -0.4 is 9.64 Å². The van der Waals surface area contributed by atoms with E-state index in [9.17, 15) is 9.59 Å². The van der Waals surface area contributed by atoms with Gasteiger partial charge in [-0.2, -0.15) is 0 Å². The Hall–Kier alpha value is -3.41. The second-order valence-electron chi connectivity index (χ2n) is 6.50. The summed E-state index contributed by atoms with van der Waals surface area (Å²) in [5, 5.41) is 0. The molecule has 1 amide bonds. The molecule has 6 heteroatoms. The molecule has 4 rings (SSSR count). The molecule has 0 radical (unpaired) electrons. The zero-order chi connectivity index (χ0) is 19.5. The lowest BCUT2D eigenvalue weighted by molar-refractivity contribution is -0.130. The van der Waals surface area contributed by atoms with Crippen molar-refractivity contribution in [2.75, 3.05) is 18.1 Å².